The summed E-state index contributed by atoms with van der Waals surface area (Å²) < 4.78 is 42.9. The van der Waals surface area contributed by atoms with Gasteiger partial charge in [-0.2, -0.15) is 18.3 Å². The Morgan fingerprint density at radius 2 is 1.80 bits per heavy atom. The van der Waals surface area contributed by atoms with Gasteiger partial charge < -0.3 is 5.32 Å². The molecule has 5 rings (SSSR count). The average Bonchev–Trinajstić information content (AvgIpc) is 3.09. The third-order valence-corrected chi connectivity index (χ3v) is 7.44. The molecule has 0 amide bonds. The molecule has 3 aromatic rings. The van der Waals surface area contributed by atoms with Gasteiger partial charge in [-0.25, -0.2) is 4.68 Å². The molecule has 0 fully saturated rings. The summed E-state index contributed by atoms with van der Waals surface area (Å²) in [5, 5.41) is 8.47. The third kappa shape index (κ3) is 3.95. The number of aryl methyl sites for hydroxylation is 1. The summed E-state index contributed by atoms with van der Waals surface area (Å²) in [7, 11) is 0. The molecule has 35 heavy (non-hydrogen) atoms. The fourth-order valence-electron chi connectivity index (χ4n) is 5.20. The first-order valence-corrected chi connectivity index (χ1v) is 11.9. The second kappa shape index (κ2) is 8.14. The topological polar surface area (TPSA) is 46.9 Å². The van der Waals surface area contributed by atoms with Crippen LogP contribution in [0.3, 0.4) is 0 Å². The number of allylic oxidation sites excluding steroid dienone is 2. The van der Waals surface area contributed by atoms with E-state index >= 15 is 0 Å². The van der Waals surface area contributed by atoms with Crippen LogP contribution in [0.5, 0.6) is 0 Å². The Bertz CT molecular complexity index is 1410. The fourth-order valence-corrected chi connectivity index (χ4v) is 5.62. The van der Waals surface area contributed by atoms with Gasteiger partial charge in [0, 0.05) is 29.2 Å². The summed E-state index contributed by atoms with van der Waals surface area (Å²) in [6.07, 6.45) is -3.67. The lowest BCUT2D eigenvalue weighted by Gasteiger charge is -2.39. The number of nitrogens with one attached hydrogen (secondary N) is 1. The van der Waals surface area contributed by atoms with E-state index in [9.17, 15) is 18.0 Å². The van der Waals surface area contributed by atoms with Crippen LogP contribution in [0.2, 0.25) is 10.0 Å². The first-order valence-electron chi connectivity index (χ1n) is 11.1. The number of hydrogen-bond donors (Lipinski definition) is 1. The number of hydrogen-bond acceptors (Lipinski definition) is 3. The van der Waals surface area contributed by atoms with Crippen LogP contribution in [0.25, 0.3) is 5.69 Å². The minimum Gasteiger partial charge on any atom is -0.343 e. The van der Waals surface area contributed by atoms with Gasteiger partial charge in [-0.1, -0.05) is 61.3 Å². The van der Waals surface area contributed by atoms with Crippen molar-refractivity contribution in [2.75, 3.05) is 5.32 Å². The fraction of sp³-hybridized carbons (Fsp3) is 0.308. The molecule has 9 heteroatoms. The normalized spacial score (nSPS) is 19.3. The number of alkyl halides is 3. The van der Waals surface area contributed by atoms with Crippen LogP contribution in [-0.4, -0.2) is 15.6 Å². The molecular weight excluding hydrogens is 498 g/mol. The van der Waals surface area contributed by atoms with Crippen LogP contribution in [0.15, 0.2) is 53.7 Å². The molecule has 2 aliphatic rings. The number of para-hydroxylation sites is 1. The van der Waals surface area contributed by atoms with Crippen molar-refractivity contribution in [3.63, 3.8) is 0 Å². The molecule has 4 nitrogen and oxygen atoms in total. The zero-order valence-electron chi connectivity index (χ0n) is 19.2. The van der Waals surface area contributed by atoms with E-state index in [0.717, 1.165) is 6.07 Å². The first-order chi connectivity index (χ1) is 16.4. The molecular formula is C26H22Cl2F3N3O. The van der Waals surface area contributed by atoms with Crippen LogP contribution >= 0.6 is 23.2 Å². The molecule has 2 aromatic carbocycles. The number of aromatic nitrogens is 2. The minimum atomic E-state index is -4.57. The van der Waals surface area contributed by atoms with Crippen molar-refractivity contribution in [3.8, 4) is 5.69 Å². The monoisotopic (exact) mass is 519 g/mol. The van der Waals surface area contributed by atoms with Gasteiger partial charge in [-0.05, 0) is 42.5 Å². The van der Waals surface area contributed by atoms with Crippen LogP contribution in [-0.2, 0) is 11.0 Å². The summed E-state index contributed by atoms with van der Waals surface area (Å²) in [4.78, 5) is 13.5. The van der Waals surface area contributed by atoms with E-state index in [4.69, 9.17) is 23.2 Å². The van der Waals surface area contributed by atoms with Crippen LogP contribution in [0.4, 0.5) is 19.0 Å². The van der Waals surface area contributed by atoms with E-state index in [1.54, 1.807) is 31.2 Å². The Morgan fingerprint density at radius 3 is 2.51 bits per heavy atom. The third-order valence-electron chi connectivity index (χ3n) is 6.60. The van der Waals surface area contributed by atoms with E-state index in [1.165, 1.54) is 16.8 Å². The molecule has 1 unspecified atom stereocenters. The number of anilines is 1. The van der Waals surface area contributed by atoms with Crippen LogP contribution < -0.4 is 5.32 Å². The van der Waals surface area contributed by atoms with E-state index in [0.29, 0.717) is 56.8 Å². The molecule has 0 spiro atoms. The number of ketones is 1. The van der Waals surface area contributed by atoms with Gasteiger partial charge >= 0.3 is 6.18 Å². The highest BCUT2D eigenvalue weighted by Gasteiger charge is 2.44. The smallest absolute Gasteiger partial charge is 0.343 e. The number of nitrogens with zero attached hydrogens (tertiary/aromatic N) is 2. The molecule has 0 bridgehead atoms. The number of benzene rings is 2. The standard InChI is InChI=1S/C26H22Cl2F3N3O/c1-13-20-21(14-7-6-9-16(27)23(14)28)22-17(11-25(2,3)12-19(22)35)32-24(20)34(33-13)18-10-5-4-8-15(18)26(29,30)31/h4-10,21,32H,11-12H2,1-3H3. The lowest BCUT2D eigenvalue weighted by molar-refractivity contribution is -0.137. The Kier molecular flexibility index (Phi) is 5.57. The average molecular weight is 520 g/mol. The Morgan fingerprint density at radius 1 is 1.09 bits per heavy atom. The van der Waals surface area contributed by atoms with E-state index in [-0.39, 0.29) is 16.9 Å². The SMILES string of the molecule is Cc1nn(-c2ccccc2C(F)(F)F)c2c1C(c1cccc(Cl)c1Cl)C1=C(CC(C)(C)CC1=O)N2. The number of fused-ring (bicyclic) bond motifs is 1. The number of carbonyl (C=O) groups is 1. The predicted molar refractivity (Wildman–Crippen MR) is 130 cm³/mol. The highest BCUT2D eigenvalue weighted by Crippen LogP contribution is 2.52. The maximum atomic E-state index is 13.9. The van der Waals surface area contributed by atoms with Crippen LogP contribution in [0.1, 0.15) is 55.0 Å². The summed E-state index contributed by atoms with van der Waals surface area (Å²) in [5.74, 6) is -0.245. The zero-order valence-corrected chi connectivity index (χ0v) is 20.7. The minimum absolute atomic E-state index is 0.0294. The molecule has 182 valence electrons. The quantitative estimate of drug-likeness (QED) is 0.377. The Hall–Kier alpha value is -2.77. The van der Waals surface area contributed by atoms with Gasteiger partial charge in [0.1, 0.15) is 5.82 Å². The van der Waals surface area contributed by atoms with E-state index < -0.39 is 17.7 Å². The van der Waals surface area contributed by atoms with Crippen molar-refractivity contribution < 1.29 is 18.0 Å². The van der Waals surface area contributed by atoms with Gasteiger partial charge in [-0.3, -0.25) is 4.79 Å². The van der Waals surface area contributed by atoms with Crippen LogP contribution in [0, 0.1) is 12.3 Å². The number of carbonyl (C=O) groups excluding carboxylic acids is 1. The predicted octanol–water partition coefficient (Wildman–Crippen LogP) is 7.71. The highest BCUT2D eigenvalue weighted by molar-refractivity contribution is 6.42. The molecule has 2 heterocycles. The second-order valence-corrected chi connectivity index (χ2v) is 10.6. The Balaban J connectivity index is 1.81. The van der Waals surface area contributed by atoms with Gasteiger partial charge in [0.25, 0.3) is 0 Å². The lowest BCUT2D eigenvalue weighted by Crippen LogP contribution is -2.34. The van der Waals surface area contributed by atoms with Crippen molar-refractivity contribution in [1.29, 1.82) is 0 Å². The summed E-state index contributed by atoms with van der Waals surface area (Å²) in [6, 6.07) is 10.5. The van der Waals surface area contributed by atoms with Crippen molar-refractivity contribution in [3.05, 3.63) is 86.2 Å². The van der Waals surface area contributed by atoms with Gasteiger partial charge in [0.2, 0.25) is 0 Å². The van der Waals surface area contributed by atoms with Gasteiger partial charge in [0.15, 0.2) is 5.78 Å². The zero-order chi connectivity index (χ0) is 25.3. The summed E-state index contributed by atoms with van der Waals surface area (Å²) in [6.45, 7) is 5.71. The van der Waals surface area contributed by atoms with E-state index in [2.05, 4.69) is 10.4 Å². The van der Waals surface area contributed by atoms with Crippen molar-refractivity contribution in [1.82, 2.24) is 9.78 Å². The largest absolute Gasteiger partial charge is 0.418 e. The lowest BCUT2D eigenvalue weighted by atomic mass is 9.69. The van der Waals surface area contributed by atoms with Gasteiger partial charge in [0.05, 0.1) is 27.0 Å². The maximum absolute atomic E-state index is 13.9. The second-order valence-electron chi connectivity index (χ2n) is 9.81. The number of halogens is 5. The Labute approximate surface area is 210 Å². The molecule has 1 aromatic heterocycles. The molecule has 1 aliphatic heterocycles. The molecule has 1 N–H and O–H groups in total. The first kappa shape index (κ1) is 23.9. The van der Waals surface area contributed by atoms with Crippen molar-refractivity contribution >= 4 is 34.8 Å². The molecule has 0 saturated carbocycles. The molecule has 0 radical (unpaired) electrons. The maximum Gasteiger partial charge on any atom is 0.418 e. The number of rotatable bonds is 2. The molecule has 0 saturated heterocycles. The van der Waals surface area contributed by atoms with Gasteiger partial charge in [-0.15, -0.1) is 0 Å². The van der Waals surface area contributed by atoms with Crippen molar-refractivity contribution in [2.45, 2.75) is 45.7 Å². The molecule has 1 aliphatic carbocycles. The number of Topliss-reactive ketones (excluding diaryl/α,β-unsaturated/α-hetero) is 1. The molecule has 1 atom stereocenters. The highest BCUT2D eigenvalue weighted by atomic mass is 35.5. The summed E-state index contributed by atoms with van der Waals surface area (Å²) in [5.41, 5.74) is 1.75. The summed E-state index contributed by atoms with van der Waals surface area (Å²) >= 11 is 13.0. The van der Waals surface area contributed by atoms with Crippen molar-refractivity contribution in [2.24, 2.45) is 5.41 Å². The van der Waals surface area contributed by atoms with E-state index in [1.807, 2.05) is 13.8 Å².